The first-order valence-electron chi connectivity index (χ1n) is 5.03. The Kier molecular flexibility index (Phi) is 2.90. The lowest BCUT2D eigenvalue weighted by Gasteiger charge is -2.03. The minimum absolute atomic E-state index is 0.297. The van der Waals surface area contributed by atoms with E-state index in [-0.39, 0.29) is 5.82 Å². The average Bonchev–Trinajstić information content (AvgIpc) is 2.56. The molecule has 4 heteroatoms. The Balaban J connectivity index is 2.02. The van der Waals surface area contributed by atoms with Crippen LogP contribution in [0.3, 0.4) is 0 Å². The fourth-order valence-corrected chi connectivity index (χ4v) is 1.42. The lowest BCUT2D eigenvalue weighted by atomic mass is 10.3. The van der Waals surface area contributed by atoms with E-state index in [2.05, 4.69) is 5.10 Å². The third-order valence-electron chi connectivity index (χ3n) is 2.35. The van der Waals surface area contributed by atoms with Gasteiger partial charge in [-0.15, -0.1) is 0 Å². The molecule has 16 heavy (non-hydrogen) atoms. The number of aryl methyl sites for hydroxylation is 2. The zero-order valence-electron chi connectivity index (χ0n) is 9.27. The van der Waals surface area contributed by atoms with Crippen molar-refractivity contribution in [2.45, 2.75) is 13.5 Å². The molecule has 0 radical (unpaired) electrons. The second-order valence-corrected chi connectivity index (χ2v) is 3.65. The molecule has 1 heterocycles. The number of hydrogen-bond acceptors (Lipinski definition) is 2. The molecular formula is C12H13FN2O. The van der Waals surface area contributed by atoms with Crippen LogP contribution >= 0.6 is 0 Å². The van der Waals surface area contributed by atoms with Crippen LogP contribution in [0.4, 0.5) is 4.39 Å². The summed E-state index contributed by atoms with van der Waals surface area (Å²) in [6.07, 6.45) is 0. The molecule has 1 aromatic carbocycles. The Morgan fingerprint density at radius 1 is 1.38 bits per heavy atom. The second kappa shape index (κ2) is 4.35. The van der Waals surface area contributed by atoms with Gasteiger partial charge in [0, 0.05) is 18.8 Å². The van der Waals surface area contributed by atoms with Crippen molar-refractivity contribution < 1.29 is 9.13 Å². The molecule has 0 spiro atoms. The molecule has 2 rings (SSSR count). The van der Waals surface area contributed by atoms with Gasteiger partial charge in [-0.3, -0.25) is 4.68 Å². The van der Waals surface area contributed by atoms with Gasteiger partial charge in [-0.25, -0.2) is 4.39 Å². The maximum atomic E-state index is 12.9. The first-order valence-corrected chi connectivity index (χ1v) is 5.03. The van der Waals surface area contributed by atoms with Crippen LogP contribution < -0.4 is 4.74 Å². The van der Waals surface area contributed by atoms with Crippen LogP contribution in [0.2, 0.25) is 0 Å². The van der Waals surface area contributed by atoms with Crippen molar-refractivity contribution in [1.82, 2.24) is 9.78 Å². The van der Waals surface area contributed by atoms with Crippen molar-refractivity contribution in [1.29, 1.82) is 0 Å². The summed E-state index contributed by atoms with van der Waals surface area (Å²) in [5.74, 6) is 0.220. The Hall–Kier alpha value is -1.84. The summed E-state index contributed by atoms with van der Waals surface area (Å²) in [6.45, 7) is 2.32. The van der Waals surface area contributed by atoms with E-state index in [1.165, 1.54) is 12.1 Å². The SMILES string of the molecule is Cc1cc(COc2cccc(F)c2)nn1C. The van der Waals surface area contributed by atoms with Crippen molar-refractivity contribution in [3.63, 3.8) is 0 Å². The Labute approximate surface area is 93.5 Å². The van der Waals surface area contributed by atoms with Crippen LogP contribution in [0.5, 0.6) is 5.75 Å². The summed E-state index contributed by atoms with van der Waals surface area (Å²) in [5.41, 5.74) is 1.90. The number of rotatable bonds is 3. The second-order valence-electron chi connectivity index (χ2n) is 3.65. The zero-order valence-corrected chi connectivity index (χ0v) is 9.27. The van der Waals surface area contributed by atoms with Crippen LogP contribution in [0.1, 0.15) is 11.4 Å². The molecule has 0 atom stereocenters. The van der Waals surface area contributed by atoms with Crippen molar-refractivity contribution in [3.05, 3.63) is 47.5 Å². The number of hydrogen-bond donors (Lipinski definition) is 0. The maximum absolute atomic E-state index is 12.9. The molecule has 0 saturated carbocycles. The first kappa shape index (κ1) is 10.7. The predicted molar refractivity (Wildman–Crippen MR) is 58.7 cm³/mol. The zero-order chi connectivity index (χ0) is 11.5. The Bertz CT molecular complexity index is 474. The topological polar surface area (TPSA) is 27.1 Å². The lowest BCUT2D eigenvalue weighted by Crippen LogP contribution is -1.98. The van der Waals surface area contributed by atoms with Gasteiger partial charge in [-0.2, -0.15) is 5.10 Å². The average molecular weight is 220 g/mol. The molecule has 0 saturated heterocycles. The van der Waals surface area contributed by atoms with E-state index in [0.29, 0.717) is 12.4 Å². The summed E-state index contributed by atoms with van der Waals surface area (Å²) < 4.78 is 20.1. The minimum atomic E-state index is -0.297. The summed E-state index contributed by atoms with van der Waals surface area (Å²) in [4.78, 5) is 0. The fourth-order valence-electron chi connectivity index (χ4n) is 1.42. The third-order valence-corrected chi connectivity index (χ3v) is 2.35. The van der Waals surface area contributed by atoms with E-state index >= 15 is 0 Å². The van der Waals surface area contributed by atoms with Gasteiger partial charge in [0.05, 0.1) is 0 Å². The smallest absolute Gasteiger partial charge is 0.132 e. The molecule has 0 aliphatic heterocycles. The van der Waals surface area contributed by atoms with E-state index < -0.39 is 0 Å². The predicted octanol–water partition coefficient (Wildman–Crippen LogP) is 2.45. The van der Waals surface area contributed by atoms with Gasteiger partial charge >= 0.3 is 0 Å². The van der Waals surface area contributed by atoms with Crippen LogP contribution in [-0.4, -0.2) is 9.78 Å². The molecule has 1 aromatic heterocycles. The van der Waals surface area contributed by atoms with Gasteiger partial charge in [-0.1, -0.05) is 6.07 Å². The van der Waals surface area contributed by atoms with Crippen molar-refractivity contribution in [3.8, 4) is 5.75 Å². The van der Waals surface area contributed by atoms with Crippen molar-refractivity contribution in [2.75, 3.05) is 0 Å². The highest BCUT2D eigenvalue weighted by atomic mass is 19.1. The molecule has 2 aromatic rings. The highest BCUT2D eigenvalue weighted by Gasteiger charge is 2.02. The number of aromatic nitrogens is 2. The molecule has 0 unspecified atom stereocenters. The molecular weight excluding hydrogens is 207 g/mol. The summed E-state index contributed by atoms with van der Waals surface area (Å²) in [6, 6.07) is 8.03. The quantitative estimate of drug-likeness (QED) is 0.794. The number of halogens is 1. The monoisotopic (exact) mass is 220 g/mol. The van der Waals surface area contributed by atoms with Crippen LogP contribution in [0, 0.1) is 12.7 Å². The van der Waals surface area contributed by atoms with Gasteiger partial charge in [0.1, 0.15) is 23.9 Å². The summed E-state index contributed by atoms with van der Waals surface area (Å²) in [7, 11) is 1.88. The van der Waals surface area contributed by atoms with Crippen molar-refractivity contribution in [2.24, 2.45) is 7.05 Å². The highest BCUT2D eigenvalue weighted by molar-refractivity contribution is 5.22. The van der Waals surface area contributed by atoms with E-state index in [9.17, 15) is 4.39 Å². The van der Waals surface area contributed by atoms with Gasteiger partial charge in [0.25, 0.3) is 0 Å². The summed E-state index contributed by atoms with van der Waals surface area (Å²) in [5, 5.41) is 4.25. The molecule has 0 amide bonds. The van der Waals surface area contributed by atoms with E-state index in [1.54, 1.807) is 16.8 Å². The molecule has 0 fully saturated rings. The van der Waals surface area contributed by atoms with E-state index in [1.807, 2.05) is 20.0 Å². The first-order chi connectivity index (χ1) is 7.65. The van der Waals surface area contributed by atoms with Crippen LogP contribution in [0.25, 0.3) is 0 Å². The van der Waals surface area contributed by atoms with Crippen LogP contribution in [0.15, 0.2) is 30.3 Å². The highest BCUT2D eigenvalue weighted by Crippen LogP contribution is 2.13. The minimum Gasteiger partial charge on any atom is -0.487 e. The van der Waals surface area contributed by atoms with E-state index in [0.717, 1.165) is 11.4 Å². The lowest BCUT2D eigenvalue weighted by molar-refractivity contribution is 0.298. The molecule has 84 valence electrons. The maximum Gasteiger partial charge on any atom is 0.132 e. The van der Waals surface area contributed by atoms with Gasteiger partial charge < -0.3 is 4.74 Å². The van der Waals surface area contributed by atoms with Crippen LogP contribution in [-0.2, 0) is 13.7 Å². The fraction of sp³-hybridized carbons (Fsp3) is 0.250. The third kappa shape index (κ3) is 2.39. The normalized spacial score (nSPS) is 10.4. The molecule has 3 nitrogen and oxygen atoms in total. The Morgan fingerprint density at radius 3 is 2.81 bits per heavy atom. The van der Waals surface area contributed by atoms with Gasteiger partial charge in [0.15, 0.2) is 0 Å². The Morgan fingerprint density at radius 2 is 2.19 bits per heavy atom. The molecule has 0 N–H and O–H groups in total. The van der Waals surface area contributed by atoms with Gasteiger partial charge in [0.2, 0.25) is 0 Å². The molecule has 0 aliphatic carbocycles. The number of benzene rings is 1. The standard InChI is InChI=1S/C12H13FN2O/c1-9-6-11(14-15(9)2)8-16-12-5-3-4-10(13)7-12/h3-7H,8H2,1-2H3. The molecule has 0 bridgehead atoms. The van der Waals surface area contributed by atoms with Crippen molar-refractivity contribution >= 4 is 0 Å². The molecule has 0 aliphatic rings. The van der Waals surface area contributed by atoms with E-state index in [4.69, 9.17) is 4.74 Å². The summed E-state index contributed by atoms with van der Waals surface area (Å²) >= 11 is 0. The number of ether oxygens (including phenoxy) is 1. The number of nitrogens with zero attached hydrogens (tertiary/aromatic N) is 2. The van der Waals surface area contributed by atoms with Gasteiger partial charge in [-0.05, 0) is 25.1 Å². The largest absolute Gasteiger partial charge is 0.487 e.